The molecule has 2 aromatic rings. The second-order valence-corrected chi connectivity index (χ2v) is 12.3. The number of carbonyl (C=O) groups is 2. The summed E-state index contributed by atoms with van der Waals surface area (Å²) in [6.45, 7) is 9.23. The van der Waals surface area contributed by atoms with E-state index < -0.39 is 21.8 Å². The van der Waals surface area contributed by atoms with Crippen LogP contribution in [-0.2, 0) is 20.7 Å². The van der Waals surface area contributed by atoms with E-state index in [0.29, 0.717) is 22.6 Å². The SMILES string of the molecule is CCN(CC)CC1CCCCN1CCCC(=O)N1c2ccc(Br)c(CS(=O)(=O)O)c2C(=O)Nc2cccnc21. The summed E-state index contributed by atoms with van der Waals surface area (Å²) in [6.07, 6.45) is 5.93. The second-order valence-electron chi connectivity index (χ2n) is 9.98. The number of amides is 2. The van der Waals surface area contributed by atoms with E-state index >= 15 is 0 Å². The van der Waals surface area contributed by atoms with Crippen molar-refractivity contribution in [1.82, 2.24) is 14.8 Å². The van der Waals surface area contributed by atoms with E-state index in [-0.39, 0.29) is 35.0 Å². The fourth-order valence-electron chi connectivity index (χ4n) is 5.48. The minimum Gasteiger partial charge on any atom is -0.319 e. The highest BCUT2D eigenvalue weighted by Gasteiger charge is 2.34. The van der Waals surface area contributed by atoms with Gasteiger partial charge in [-0.05, 0) is 75.3 Å². The van der Waals surface area contributed by atoms with Crippen molar-refractivity contribution >= 4 is 55.1 Å². The zero-order chi connectivity index (χ0) is 28.2. The van der Waals surface area contributed by atoms with Crippen LogP contribution in [0.2, 0.25) is 0 Å². The third-order valence-corrected chi connectivity index (χ3v) is 8.87. The molecule has 0 saturated carbocycles. The molecule has 2 aliphatic heterocycles. The van der Waals surface area contributed by atoms with Gasteiger partial charge in [0.2, 0.25) is 5.91 Å². The maximum atomic E-state index is 13.8. The Labute approximate surface area is 238 Å². The van der Waals surface area contributed by atoms with E-state index in [2.05, 4.69) is 49.9 Å². The van der Waals surface area contributed by atoms with Gasteiger partial charge in [-0.15, -0.1) is 0 Å². The first-order chi connectivity index (χ1) is 18.6. The summed E-state index contributed by atoms with van der Waals surface area (Å²) in [7, 11) is -4.46. The number of halogens is 1. The molecule has 1 aromatic heterocycles. The van der Waals surface area contributed by atoms with Crippen molar-refractivity contribution in [3.05, 3.63) is 46.1 Å². The van der Waals surface area contributed by atoms with Gasteiger partial charge in [0, 0.05) is 29.7 Å². The number of likely N-dealkylation sites (N-methyl/N-ethyl adjacent to an activating group) is 1. The van der Waals surface area contributed by atoms with Crippen LogP contribution in [-0.4, -0.2) is 78.3 Å². The number of hydrogen-bond donors (Lipinski definition) is 2. The molecule has 1 unspecified atom stereocenters. The van der Waals surface area contributed by atoms with E-state index in [1.54, 1.807) is 30.5 Å². The number of likely N-dealkylation sites (tertiary alicyclic amines) is 1. The molecule has 2 N–H and O–H groups in total. The third kappa shape index (κ3) is 7.04. The van der Waals surface area contributed by atoms with Crippen LogP contribution >= 0.6 is 15.9 Å². The molecule has 1 fully saturated rings. The lowest BCUT2D eigenvalue weighted by atomic mass is 10.0. The van der Waals surface area contributed by atoms with Crippen molar-refractivity contribution in [2.45, 2.75) is 57.7 Å². The zero-order valence-corrected chi connectivity index (χ0v) is 24.8. The summed E-state index contributed by atoms with van der Waals surface area (Å²) in [5, 5.41) is 2.75. The van der Waals surface area contributed by atoms with Gasteiger partial charge in [0.1, 0.15) is 5.75 Å². The van der Waals surface area contributed by atoms with Gasteiger partial charge < -0.3 is 10.2 Å². The minimum absolute atomic E-state index is 0.00340. The topological polar surface area (TPSA) is 123 Å². The first kappa shape index (κ1) is 29.6. The van der Waals surface area contributed by atoms with Gasteiger partial charge in [0.05, 0.1) is 16.9 Å². The molecule has 3 heterocycles. The second kappa shape index (κ2) is 12.9. The Morgan fingerprint density at radius 2 is 2.00 bits per heavy atom. The van der Waals surface area contributed by atoms with Crippen LogP contribution in [0.5, 0.6) is 0 Å². The Morgan fingerprint density at radius 3 is 2.72 bits per heavy atom. The van der Waals surface area contributed by atoms with Crippen molar-refractivity contribution in [2.75, 3.05) is 42.9 Å². The van der Waals surface area contributed by atoms with E-state index in [4.69, 9.17) is 0 Å². The molecule has 0 radical (unpaired) electrons. The molecule has 0 aliphatic carbocycles. The van der Waals surface area contributed by atoms with Crippen LogP contribution in [0.15, 0.2) is 34.9 Å². The zero-order valence-electron chi connectivity index (χ0n) is 22.4. The summed E-state index contributed by atoms with van der Waals surface area (Å²) < 4.78 is 33.5. The average molecular weight is 623 g/mol. The molecule has 0 spiro atoms. The summed E-state index contributed by atoms with van der Waals surface area (Å²) in [6, 6.07) is 6.94. The van der Waals surface area contributed by atoms with Gasteiger partial charge >= 0.3 is 0 Å². The number of anilines is 3. The number of piperidine rings is 1. The molecule has 1 atom stereocenters. The molecule has 39 heavy (non-hydrogen) atoms. The highest BCUT2D eigenvalue weighted by atomic mass is 79.9. The van der Waals surface area contributed by atoms with E-state index in [9.17, 15) is 22.6 Å². The van der Waals surface area contributed by atoms with E-state index in [0.717, 1.165) is 45.6 Å². The van der Waals surface area contributed by atoms with Gasteiger partial charge in [-0.2, -0.15) is 8.42 Å². The van der Waals surface area contributed by atoms with Crippen LogP contribution in [0, 0.1) is 0 Å². The van der Waals surface area contributed by atoms with Gasteiger partial charge in [-0.25, -0.2) is 4.98 Å². The van der Waals surface area contributed by atoms with Crippen molar-refractivity contribution in [2.24, 2.45) is 0 Å². The van der Waals surface area contributed by atoms with Crippen molar-refractivity contribution in [1.29, 1.82) is 0 Å². The Hall–Kier alpha value is -2.38. The van der Waals surface area contributed by atoms with Crippen LogP contribution in [0.25, 0.3) is 0 Å². The molecule has 10 nitrogen and oxygen atoms in total. The third-order valence-electron chi connectivity index (χ3n) is 7.47. The molecule has 2 amide bonds. The van der Waals surface area contributed by atoms with Gasteiger partial charge in [-0.3, -0.25) is 23.9 Å². The van der Waals surface area contributed by atoms with Gasteiger partial charge in [0.25, 0.3) is 16.0 Å². The summed E-state index contributed by atoms with van der Waals surface area (Å²) in [5.41, 5.74) is 0.653. The molecule has 1 saturated heterocycles. The lowest BCUT2D eigenvalue weighted by Gasteiger charge is -2.38. The number of rotatable bonds is 10. The first-order valence-electron chi connectivity index (χ1n) is 13.4. The predicted molar refractivity (Wildman–Crippen MR) is 155 cm³/mol. The normalized spacial score (nSPS) is 17.9. The quantitative estimate of drug-likeness (QED) is 0.373. The van der Waals surface area contributed by atoms with E-state index in [1.807, 2.05) is 0 Å². The number of hydrogen-bond acceptors (Lipinski definition) is 7. The molecular formula is C27H36BrN5O5S. The number of carbonyl (C=O) groups excluding carboxylic acids is 2. The fourth-order valence-corrected chi connectivity index (χ4v) is 6.80. The highest BCUT2D eigenvalue weighted by Crippen LogP contribution is 2.40. The molecule has 12 heteroatoms. The average Bonchev–Trinajstić information content (AvgIpc) is 3.02. The van der Waals surface area contributed by atoms with Gasteiger partial charge in [0.15, 0.2) is 5.82 Å². The molecule has 2 aliphatic rings. The Kier molecular flexibility index (Phi) is 9.76. The van der Waals surface area contributed by atoms with Crippen LogP contribution in [0.4, 0.5) is 17.2 Å². The molecular weight excluding hydrogens is 586 g/mol. The lowest BCUT2D eigenvalue weighted by Crippen LogP contribution is -2.47. The van der Waals surface area contributed by atoms with Crippen LogP contribution < -0.4 is 10.2 Å². The maximum Gasteiger partial charge on any atom is 0.269 e. The molecule has 4 rings (SSSR count). The number of aromatic nitrogens is 1. The Balaban J connectivity index is 1.60. The van der Waals surface area contributed by atoms with Crippen molar-refractivity contribution in [3.8, 4) is 0 Å². The predicted octanol–water partition coefficient (Wildman–Crippen LogP) is 4.44. The molecule has 1 aromatic carbocycles. The smallest absolute Gasteiger partial charge is 0.269 e. The highest BCUT2D eigenvalue weighted by molar-refractivity contribution is 9.10. The number of nitrogens with one attached hydrogen (secondary N) is 1. The van der Waals surface area contributed by atoms with Crippen LogP contribution in [0.1, 0.15) is 61.9 Å². The standard InChI is InChI=1S/C27H36BrN5O5S/c1-3-31(4-2)17-19-9-5-6-15-32(19)16-8-11-24(34)33-23-13-12-21(28)20(18-39(36,37)38)25(23)27(35)30-22-10-7-14-29-26(22)33/h7,10,12-14,19H,3-6,8-9,11,15-18H2,1-2H3,(H,30,35)(H,36,37,38). The number of fused-ring (bicyclic) bond motifs is 2. The summed E-state index contributed by atoms with van der Waals surface area (Å²) in [4.78, 5) is 37.8. The summed E-state index contributed by atoms with van der Waals surface area (Å²) in [5.74, 6) is -1.34. The van der Waals surface area contributed by atoms with Crippen molar-refractivity contribution in [3.63, 3.8) is 0 Å². The number of benzene rings is 1. The lowest BCUT2D eigenvalue weighted by molar-refractivity contribution is -0.118. The number of pyridine rings is 1. The largest absolute Gasteiger partial charge is 0.319 e. The molecule has 212 valence electrons. The fraction of sp³-hybridized carbons (Fsp3) is 0.519. The Morgan fingerprint density at radius 1 is 1.23 bits per heavy atom. The van der Waals surface area contributed by atoms with Crippen molar-refractivity contribution < 1.29 is 22.6 Å². The van der Waals surface area contributed by atoms with E-state index in [1.165, 1.54) is 11.3 Å². The summed E-state index contributed by atoms with van der Waals surface area (Å²) >= 11 is 3.31. The van der Waals surface area contributed by atoms with Crippen LogP contribution in [0.3, 0.4) is 0 Å². The Bertz CT molecular complexity index is 1320. The maximum absolute atomic E-state index is 13.8. The molecule has 0 bridgehead atoms. The number of nitrogens with zero attached hydrogens (tertiary/aromatic N) is 4. The first-order valence-corrected chi connectivity index (χ1v) is 15.8. The van der Waals surface area contributed by atoms with Gasteiger partial charge in [-0.1, -0.05) is 36.2 Å². The monoisotopic (exact) mass is 621 g/mol. The minimum atomic E-state index is -4.46.